The Morgan fingerprint density at radius 3 is 2.07 bits per heavy atom. The van der Waals surface area contributed by atoms with E-state index in [2.05, 4.69) is 13.8 Å². The first-order chi connectivity index (χ1) is 6.59. The standard InChI is InChI=1S/C8H16ClN2O2P/c1-7-5-10(7)14(12,13-4-3-9)11-6-8(11)2/h7-8H,3-6H2,1-2H3/t7-,8-,10?,11?,14?/m0/s1. The van der Waals surface area contributed by atoms with Gasteiger partial charge in [0.2, 0.25) is 0 Å². The molecule has 2 saturated heterocycles. The molecule has 0 N–H and O–H groups in total. The Morgan fingerprint density at radius 2 is 1.79 bits per heavy atom. The SMILES string of the molecule is C[C@H]1CN1P(=O)(OCCCl)N1C[C@@H]1C. The molecular formula is C8H16ClN2O2P. The molecule has 6 heteroatoms. The largest absolute Gasteiger partial charge is 0.346 e. The lowest BCUT2D eigenvalue weighted by Gasteiger charge is -2.20. The zero-order valence-electron chi connectivity index (χ0n) is 8.52. The van der Waals surface area contributed by atoms with Crippen LogP contribution in [0.3, 0.4) is 0 Å². The van der Waals surface area contributed by atoms with Gasteiger partial charge >= 0.3 is 7.67 Å². The lowest BCUT2D eigenvalue weighted by Crippen LogP contribution is -2.12. The van der Waals surface area contributed by atoms with Crippen LogP contribution in [0.1, 0.15) is 13.8 Å². The van der Waals surface area contributed by atoms with Gasteiger partial charge in [-0.2, -0.15) is 0 Å². The van der Waals surface area contributed by atoms with Gasteiger partial charge in [0.15, 0.2) is 0 Å². The smallest absolute Gasteiger partial charge is 0.305 e. The van der Waals surface area contributed by atoms with Crippen LogP contribution in [0.25, 0.3) is 0 Å². The van der Waals surface area contributed by atoms with E-state index in [9.17, 15) is 4.57 Å². The highest BCUT2D eigenvalue weighted by Gasteiger charge is 2.56. The summed E-state index contributed by atoms with van der Waals surface area (Å²) >= 11 is 5.55. The molecule has 0 saturated carbocycles. The van der Waals surface area contributed by atoms with Crippen molar-refractivity contribution in [1.82, 2.24) is 9.34 Å². The summed E-state index contributed by atoms with van der Waals surface area (Å²) in [5, 5.41) is 0. The molecule has 0 aromatic heterocycles. The van der Waals surface area contributed by atoms with Crippen LogP contribution in [-0.4, -0.2) is 47.0 Å². The molecule has 2 fully saturated rings. The number of hydrogen-bond donors (Lipinski definition) is 0. The second kappa shape index (κ2) is 3.76. The van der Waals surface area contributed by atoms with Crippen molar-refractivity contribution in [3.05, 3.63) is 0 Å². The molecule has 0 radical (unpaired) electrons. The van der Waals surface area contributed by atoms with Gasteiger partial charge in [0.25, 0.3) is 0 Å². The quantitative estimate of drug-likeness (QED) is 0.415. The normalized spacial score (nSPS) is 44.5. The Balaban J connectivity index is 2.01. The summed E-state index contributed by atoms with van der Waals surface area (Å²) in [6, 6.07) is 0.785. The van der Waals surface area contributed by atoms with Gasteiger partial charge in [-0.05, 0) is 13.8 Å². The molecule has 2 unspecified atom stereocenters. The fraction of sp³-hybridized carbons (Fsp3) is 1.00. The van der Waals surface area contributed by atoms with E-state index in [1.807, 2.05) is 9.34 Å². The minimum absolute atomic E-state index is 0.366. The molecule has 2 aliphatic rings. The van der Waals surface area contributed by atoms with E-state index in [0.29, 0.717) is 24.6 Å². The van der Waals surface area contributed by atoms with Gasteiger partial charge in [-0.1, -0.05) is 0 Å². The molecule has 0 aliphatic carbocycles. The number of halogens is 1. The zero-order valence-corrected chi connectivity index (χ0v) is 10.2. The number of rotatable bonds is 5. The first kappa shape index (κ1) is 10.9. The number of alkyl halides is 1. The fourth-order valence-electron chi connectivity index (χ4n) is 1.60. The predicted octanol–water partition coefficient (Wildman–Crippen LogP) is 1.76. The monoisotopic (exact) mass is 238 g/mol. The second-order valence-electron chi connectivity index (χ2n) is 3.95. The summed E-state index contributed by atoms with van der Waals surface area (Å²) in [7, 11) is -2.69. The van der Waals surface area contributed by atoms with Crippen molar-refractivity contribution in [2.45, 2.75) is 25.9 Å². The molecule has 82 valence electrons. The number of hydrogen-bond acceptors (Lipinski definition) is 2. The molecule has 0 bridgehead atoms. The average Bonchev–Trinajstić information content (AvgIpc) is 3.01. The highest BCUT2D eigenvalue weighted by molar-refractivity contribution is 7.54. The predicted molar refractivity (Wildman–Crippen MR) is 56.6 cm³/mol. The third kappa shape index (κ3) is 1.86. The molecule has 2 aliphatic heterocycles. The molecule has 0 aromatic carbocycles. The van der Waals surface area contributed by atoms with Crippen LogP contribution < -0.4 is 0 Å². The van der Waals surface area contributed by atoms with Crippen LogP contribution in [0.5, 0.6) is 0 Å². The van der Waals surface area contributed by atoms with Crippen molar-refractivity contribution in [2.75, 3.05) is 25.6 Å². The molecule has 14 heavy (non-hydrogen) atoms. The second-order valence-corrected chi connectivity index (χ2v) is 6.60. The molecular weight excluding hydrogens is 223 g/mol. The van der Waals surface area contributed by atoms with E-state index in [4.69, 9.17) is 16.1 Å². The Hall–Kier alpha value is 0.400. The third-order valence-corrected chi connectivity index (χ3v) is 5.73. The fourth-order valence-corrected chi connectivity index (χ4v) is 4.59. The van der Waals surface area contributed by atoms with Gasteiger partial charge in [-0.3, -0.25) is 4.57 Å². The highest BCUT2D eigenvalue weighted by Crippen LogP contribution is 2.64. The van der Waals surface area contributed by atoms with Crippen LogP contribution in [0, 0.1) is 0 Å². The average molecular weight is 239 g/mol. The molecule has 2 heterocycles. The van der Waals surface area contributed by atoms with Crippen molar-refractivity contribution in [3.63, 3.8) is 0 Å². The van der Waals surface area contributed by atoms with Gasteiger partial charge in [0, 0.05) is 31.1 Å². The summed E-state index contributed by atoms with van der Waals surface area (Å²) in [5.74, 6) is 0.397. The van der Waals surface area contributed by atoms with Crippen LogP contribution in [0.15, 0.2) is 0 Å². The van der Waals surface area contributed by atoms with Crippen molar-refractivity contribution in [2.24, 2.45) is 0 Å². The van der Waals surface area contributed by atoms with E-state index < -0.39 is 7.67 Å². The minimum atomic E-state index is -2.69. The Bertz CT molecular complexity index is 256. The van der Waals surface area contributed by atoms with Crippen LogP contribution in [0.2, 0.25) is 0 Å². The van der Waals surface area contributed by atoms with Crippen molar-refractivity contribution in [3.8, 4) is 0 Å². The summed E-state index contributed by atoms with van der Waals surface area (Å²) in [4.78, 5) is 0. The highest BCUT2D eigenvalue weighted by atomic mass is 35.5. The first-order valence-electron chi connectivity index (χ1n) is 4.94. The maximum absolute atomic E-state index is 12.5. The molecule has 0 spiro atoms. The lowest BCUT2D eigenvalue weighted by molar-refractivity contribution is 0.285. The van der Waals surface area contributed by atoms with Gasteiger partial charge in [0.05, 0.1) is 6.61 Å². The lowest BCUT2D eigenvalue weighted by atomic mass is 10.6. The molecule has 4 atom stereocenters. The van der Waals surface area contributed by atoms with Crippen LogP contribution >= 0.6 is 19.3 Å². The molecule has 4 nitrogen and oxygen atoms in total. The van der Waals surface area contributed by atoms with E-state index in [1.54, 1.807) is 0 Å². The summed E-state index contributed by atoms with van der Waals surface area (Å²) in [5.41, 5.74) is 0. The van der Waals surface area contributed by atoms with Crippen molar-refractivity contribution >= 4 is 19.3 Å². The maximum Gasteiger partial charge on any atom is 0.346 e. The van der Waals surface area contributed by atoms with E-state index in [-0.39, 0.29) is 0 Å². The Labute approximate surface area is 89.7 Å². The van der Waals surface area contributed by atoms with E-state index in [0.717, 1.165) is 13.1 Å². The third-order valence-electron chi connectivity index (χ3n) is 2.64. The summed E-state index contributed by atoms with van der Waals surface area (Å²) in [6.45, 7) is 6.24. The maximum atomic E-state index is 12.5. The van der Waals surface area contributed by atoms with E-state index >= 15 is 0 Å². The van der Waals surface area contributed by atoms with Crippen molar-refractivity contribution in [1.29, 1.82) is 0 Å². The summed E-state index contributed by atoms with van der Waals surface area (Å²) < 4.78 is 21.8. The Morgan fingerprint density at radius 1 is 1.36 bits per heavy atom. The van der Waals surface area contributed by atoms with Crippen LogP contribution in [-0.2, 0) is 9.09 Å². The van der Waals surface area contributed by atoms with Crippen LogP contribution in [0.4, 0.5) is 0 Å². The van der Waals surface area contributed by atoms with Gasteiger partial charge in [-0.25, -0.2) is 9.34 Å². The summed E-state index contributed by atoms with van der Waals surface area (Å²) in [6.07, 6.45) is 0. The van der Waals surface area contributed by atoms with E-state index in [1.165, 1.54) is 0 Å². The molecule has 0 aromatic rings. The van der Waals surface area contributed by atoms with Crippen molar-refractivity contribution < 1.29 is 9.09 Å². The van der Waals surface area contributed by atoms with Gasteiger partial charge in [-0.15, -0.1) is 11.6 Å². The first-order valence-corrected chi connectivity index (χ1v) is 7.01. The molecule has 2 rings (SSSR count). The Kier molecular flexibility index (Phi) is 2.93. The number of nitrogens with zero attached hydrogens (tertiary/aromatic N) is 2. The molecule has 0 amide bonds. The topological polar surface area (TPSA) is 32.3 Å². The van der Waals surface area contributed by atoms with Gasteiger partial charge < -0.3 is 4.52 Å². The van der Waals surface area contributed by atoms with Gasteiger partial charge in [0.1, 0.15) is 0 Å². The zero-order chi connectivity index (χ0) is 10.3. The minimum Gasteiger partial charge on any atom is -0.305 e.